The molecule has 0 amide bonds. The Balaban J connectivity index is 1.61. The molecule has 3 fully saturated rings. The zero-order valence-electron chi connectivity index (χ0n) is 12.0. The van der Waals surface area contributed by atoms with Crippen molar-refractivity contribution in [2.24, 2.45) is 23.7 Å². The molecule has 0 aromatic heterocycles. The molecule has 3 nitrogen and oxygen atoms in total. The zero-order valence-corrected chi connectivity index (χ0v) is 12.8. The van der Waals surface area contributed by atoms with Crippen LogP contribution in [0.15, 0.2) is 0 Å². The molecule has 3 rings (SSSR count). The van der Waals surface area contributed by atoms with Crippen LogP contribution in [0.25, 0.3) is 0 Å². The van der Waals surface area contributed by atoms with Gasteiger partial charge in [0.15, 0.2) is 9.84 Å². The van der Waals surface area contributed by atoms with Crippen molar-refractivity contribution in [2.75, 3.05) is 18.1 Å². The van der Waals surface area contributed by atoms with Gasteiger partial charge in [-0.3, -0.25) is 0 Å². The van der Waals surface area contributed by atoms with E-state index in [2.05, 4.69) is 12.2 Å². The highest BCUT2D eigenvalue weighted by molar-refractivity contribution is 7.91. The molecule has 1 aliphatic heterocycles. The lowest BCUT2D eigenvalue weighted by molar-refractivity contribution is 0.246. The van der Waals surface area contributed by atoms with E-state index in [4.69, 9.17) is 0 Å². The fourth-order valence-electron chi connectivity index (χ4n) is 4.84. The number of fused-ring (bicyclic) bond motifs is 2. The van der Waals surface area contributed by atoms with Crippen LogP contribution in [0.3, 0.4) is 0 Å². The minimum absolute atomic E-state index is 0.365. The second-order valence-corrected chi connectivity index (χ2v) is 9.23. The molecule has 5 unspecified atom stereocenters. The van der Waals surface area contributed by atoms with Gasteiger partial charge in [0, 0.05) is 6.04 Å². The predicted octanol–water partition coefficient (Wildman–Crippen LogP) is 2.23. The van der Waals surface area contributed by atoms with Crippen molar-refractivity contribution >= 4 is 9.84 Å². The molecular weight excluding hydrogens is 258 g/mol. The lowest BCUT2D eigenvalue weighted by atomic mass is 9.81. The van der Waals surface area contributed by atoms with E-state index in [1.54, 1.807) is 0 Å². The third kappa shape index (κ3) is 2.99. The van der Waals surface area contributed by atoms with Gasteiger partial charge in [0.1, 0.15) is 0 Å². The van der Waals surface area contributed by atoms with Gasteiger partial charge in [-0.15, -0.1) is 0 Å². The van der Waals surface area contributed by atoms with Gasteiger partial charge in [-0.25, -0.2) is 8.42 Å². The van der Waals surface area contributed by atoms with Gasteiger partial charge in [-0.2, -0.15) is 0 Å². The van der Waals surface area contributed by atoms with Gasteiger partial charge in [0.25, 0.3) is 0 Å². The van der Waals surface area contributed by atoms with Gasteiger partial charge in [-0.05, 0) is 62.3 Å². The van der Waals surface area contributed by atoms with Crippen molar-refractivity contribution in [3.63, 3.8) is 0 Å². The first-order chi connectivity index (χ1) is 9.07. The van der Waals surface area contributed by atoms with E-state index in [1.807, 2.05) is 0 Å². The Morgan fingerprint density at radius 1 is 1.21 bits per heavy atom. The monoisotopic (exact) mass is 285 g/mol. The highest BCUT2D eigenvalue weighted by Gasteiger charge is 2.42. The average Bonchev–Trinajstić information content (AvgIpc) is 3.03. The normalized spacial score (nSPS) is 41.7. The van der Waals surface area contributed by atoms with Gasteiger partial charge in [-0.1, -0.05) is 13.3 Å². The van der Waals surface area contributed by atoms with Crippen molar-refractivity contribution in [3.8, 4) is 0 Å². The van der Waals surface area contributed by atoms with E-state index in [9.17, 15) is 8.42 Å². The molecule has 0 radical (unpaired) electrons. The molecule has 5 atom stereocenters. The third-order valence-corrected chi connectivity index (χ3v) is 7.54. The van der Waals surface area contributed by atoms with Crippen LogP contribution in [0.1, 0.15) is 45.4 Å². The van der Waals surface area contributed by atoms with Gasteiger partial charge in [0.05, 0.1) is 11.5 Å². The fraction of sp³-hybridized carbons (Fsp3) is 1.00. The number of nitrogens with one attached hydrogen (secondary N) is 1. The first-order valence-corrected chi connectivity index (χ1v) is 9.83. The van der Waals surface area contributed by atoms with Gasteiger partial charge < -0.3 is 5.32 Å². The van der Waals surface area contributed by atoms with E-state index in [-0.39, 0.29) is 0 Å². The summed E-state index contributed by atoms with van der Waals surface area (Å²) < 4.78 is 23.4. The van der Waals surface area contributed by atoms with Crippen LogP contribution in [-0.2, 0) is 9.84 Å². The molecule has 3 aliphatic rings. The molecule has 1 saturated heterocycles. The van der Waals surface area contributed by atoms with E-state index in [0.29, 0.717) is 23.5 Å². The van der Waals surface area contributed by atoms with Crippen LogP contribution in [0.4, 0.5) is 0 Å². The molecular formula is C15H27NO2S. The largest absolute Gasteiger partial charge is 0.314 e. The average molecular weight is 285 g/mol. The van der Waals surface area contributed by atoms with E-state index >= 15 is 0 Å². The van der Waals surface area contributed by atoms with Crippen molar-refractivity contribution in [1.82, 2.24) is 5.32 Å². The molecule has 0 aromatic rings. The van der Waals surface area contributed by atoms with Crippen molar-refractivity contribution in [3.05, 3.63) is 0 Å². The number of sulfone groups is 1. The van der Waals surface area contributed by atoms with E-state index in [0.717, 1.165) is 30.7 Å². The van der Waals surface area contributed by atoms with Crippen molar-refractivity contribution in [2.45, 2.75) is 51.5 Å². The molecule has 4 heteroatoms. The van der Waals surface area contributed by atoms with Crippen molar-refractivity contribution < 1.29 is 8.42 Å². The minimum Gasteiger partial charge on any atom is -0.314 e. The highest BCUT2D eigenvalue weighted by atomic mass is 32.2. The van der Waals surface area contributed by atoms with Crippen LogP contribution in [0.5, 0.6) is 0 Å². The quantitative estimate of drug-likeness (QED) is 0.842. The summed E-state index contributed by atoms with van der Waals surface area (Å²) in [5.74, 6) is 4.01. The second-order valence-electron chi connectivity index (χ2n) is 7.00. The molecule has 2 aliphatic carbocycles. The first kappa shape index (κ1) is 13.9. The van der Waals surface area contributed by atoms with E-state index < -0.39 is 9.84 Å². The molecule has 1 N–H and O–H groups in total. The Morgan fingerprint density at radius 2 is 2.05 bits per heavy atom. The summed E-state index contributed by atoms with van der Waals surface area (Å²) in [6.07, 6.45) is 7.83. The summed E-state index contributed by atoms with van der Waals surface area (Å²) in [6, 6.07) is 0.437. The minimum atomic E-state index is -2.74. The first-order valence-electron chi connectivity index (χ1n) is 8.01. The number of rotatable bonds is 5. The topological polar surface area (TPSA) is 46.2 Å². The lowest BCUT2D eigenvalue weighted by Crippen LogP contribution is -2.39. The maximum atomic E-state index is 11.7. The summed E-state index contributed by atoms with van der Waals surface area (Å²) in [4.78, 5) is 0. The maximum absolute atomic E-state index is 11.7. The van der Waals surface area contributed by atoms with Crippen LogP contribution >= 0.6 is 0 Å². The fourth-order valence-corrected chi connectivity index (χ4v) is 6.72. The molecule has 110 valence electrons. The Labute approximate surface area is 117 Å². The SMILES string of the molecule is CCNC(CC1CC2CCC1C2)C1CCS(=O)(=O)C1. The third-order valence-electron chi connectivity index (χ3n) is 5.74. The second kappa shape index (κ2) is 5.36. The Morgan fingerprint density at radius 3 is 2.58 bits per heavy atom. The smallest absolute Gasteiger partial charge is 0.150 e. The Bertz CT molecular complexity index is 420. The summed E-state index contributed by atoms with van der Waals surface area (Å²) in [5, 5.41) is 3.58. The Kier molecular flexibility index (Phi) is 3.91. The lowest BCUT2D eigenvalue weighted by Gasteiger charge is -2.30. The van der Waals surface area contributed by atoms with Crippen molar-refractivity contribution in [1.29, 1.82) is 0 Å². The zero-order chi connectivity index (χ0) is 13.5. The van der Waals surface area contributed by atoms with E-state index in [1.165, 1.54) is 32.1 Å². The Hall–Kier alpha value is -0.0900. The maximum Gasteiger partial charge on any atom is 0.150 e. The van der Waals surface area contributed by atoms with Crippen LogP contribution < -0.4 is 5.32 Å². The van der Waals surface area contributed by atoms with Crippen LogP contribution in [-0.4, -0.2) is 32.5 Å². The molecule has 1 heterocycles. The standard InChI is InChI=1S/C15H27NO2S/c1-2-16-15(13-5-6-19(17,18)10-13)9-14-8-11-3-4-12(14)7-11/h11-16H,2-10H2,1H3. The van der Waals surface area contributed by atoms with Crippen LogP contribution in [0.2, 0.25) is 0 Å². The summed E-state index contributed by atoms with van der Waals surface area (Å²) >= 11 is 0. The molecule has 19 heavy (non-hydrogen) atoms. The van der Waals surface area contributed by atoms with Gasteiger partial charge >= 0.3 is 0 Å². The number of hydrogen-bond acceptors (Lipinski definition) is 3. The van der Waals surface area contributed by atoms with Gasteiger partial charge in [0.2, 0.25) is 0 Å². The molecule has 2 bridgehead atoms. The summed E-state index contributed by atoms with van der Waals surface area (Å²) in [7, 11) is -2.74. The summed E-state index contributed by atoms with van der Waals surface area (Å²) in [5.41, 5.74) is 0. The predicted molar refractivity (Wildman–Crippen MR) is 77.8 cm³/mol. The molecule has 0 aromatic carbocycles. The van der Waals surface area contributed by atoms with Crippen LogP contribution in [0, 0.1) is 23.7 Å². The molecule has 2 saturated carbocycles. The molecule has 0 spiro atoms. The number of hydrogen-bond donors (Lipinski definition) is 1. The summed E-state index contributed by atoms with van der Waals surface area (Å²) in [6.45, 7) is 3.10. The highest BCUT2D eigenvalue weighted by Crippen LogP contribution is 2.50.